The standard InChI is InChI=1S/C25H33N3O9S/c1-15(2)28-22(33)19(21(32)26-8-6-11-27-9-4-3-5-10-27)20(16-7-12-38-23(16)28)37-18(31)14-25(36,24(34)35)13-17(29)30/h7,12,15,36H,3-6,8-11,13-14H2,1-2H3,(H,26,32)(H,29,30)(H,34,35). The van der Waals surface area contributed by atoms with E-state index in [2.05, 4.69) is 10.2 Å². The number of piperidine rings is 1. The van der Waals surface area contributed by atoms with E-state index in [0.29, 0.717) is 11.3 Å². The number of carbonyl (C=O) groups excluding carboxylic acids is 2. The van der Waals surface area contributed by atoms with Crippen molar-refractivity contribution >= 4 is 45.4 Å². The Kier molecular flexibility index (Phi) is 9.63. The zero-order chi connectivity index (χ0) is 28.0. The third kappa shape index (κ3) is 6.77. The van der Waals surface area contributed by atoms with E-state index in [1.807, 2.05) is 0 Å². The minimum atomic E-state index is -2.93. The fraction of sp³-hybridized carbons (Fsp3) is 0.560. The van der Waals surface area contributed by atoms with Crippen LogP contribution in [0.15, 0.2) is 16.2 Å². The summed E-state index contributed by atoms with van der Waals surface area (Å²) in [5, 5.41) is 33.2. The third-order valence-electron chi connectivity index (χ3n) is 6.39. The summed E-state index contributed by atoms with van der Waals surface area (Å²) in [5.41, 5.74) is -4.04. The smallest absolute Gasteiger partial charge is 0.336 e. The van der Waals surface area contributed by atoms with Gasteiger partial charge >= 0.3 is 17.9 Å². The number of aromatic nitrogens is 1. The number of rotatable bonds is 12. The van der Waals surface area contributed by atoms with Crippen LogP contribution in [0.1, 0.15) is 68.8 Å². The van der Waals surface area contributed by atoms with Crippen molar-refractivity contribution < 1.29 is 39.2 Å². The Bertz CT molecular complexity index is 1260. The summed E-state index contributed by atoms with van der Waals surface area (Å²) in [6.45, 7) is 6.62. The van der Waals surface area contributed by atoms with Crippen molar-refractivity contribution in [3.8, 4) is 5.75 Å². The topological polar surface area (TPSA) is 175 Å². The van der Waals surface area contributed by atoms with E-state index in [0.717, 1.165) is 32.5 Å². The summed E-state index contributed by atoms with van der Waals surface area (Å²) in [4.78, 5) is 64.7. The number of aliphatic hydroxyl groups is 1. The Labute approximate surface area is 222 Å². The van der Waals surface area contributed by atoms with E-state index >= 15 is 0 Å². The summed E-state index contributed by atoms with van der Waals surface area (Å²) < 4.78 is 6.77. The van der Waals surface area contributed by atoms with Crippen LogP contribution in [0.4, 0.5) is 0 Å². The fourth-order valence-electron chi connectivity index (χ4n) is 4.51. The van der Waals surface area contributed by atoms with Gasteiger partial charge in [-0.1, -0.05) is 6.42 Å². The Morgan fingerprint density at radius 1 is 1.13 bits per heavy atom. The van der Waals surface area contributed by atoms with Crippen LogP contribution in [0.25, 0.3) is 10.2 Å². The second-order valence-electron chi connectivity index (χ2n) is 9.68. The molecule has 0 radical (unpaired) electrons. The number of thiophene rings is 1. The number of hydrogen-bond donors (Lipinski definition) is 4. The number of nitrogens with one attached hydrogen (secondary N) is 1. The van der Waals surface area contributed by atoms with Crippen LogP contribution in [0, 0.1) is 0 Å². The molecule has 1 amide bonds. The number of carbonyl (C=O) groups is 4. The molecule has 12 nitrogen and oxygen atoms in total. The van der Waals surface area contributed by atoms with E-state index in [1.54, 1.807) is 25.3 Å². The number of carboxylic acid groups (broad SMARTS) is 2. The Hall–Kier alpha value is -3.29. The highest BCUT2D eigenvalue weighted by Crippen LogP contribution is 2.33. The largest absolute Gasteiger partial charge is 0.481 e. The van der Waals surface area contributed by atoms with Crippen LogP contribution in [0.3, 0.4) is 0 Å². The highest BCUT2D eigenvalue weighted by molar-refractivity contribution is 7.16. The highest BCUT2D eigenvalue weighted by Gasteiger charge is 2.42. The molecule has 4 N–H and O–H groups in total. The van der Waals surface area contributed by atoms with Gasteiger partial charge in [0.25, 0.3) is 11.5 Å². The van der Waals surface area contributed by atoms with Crippen molar-refractivity contribution in [1.82, 2.24) is 14.8 Å². The maximum Gasteiger partial charge on any atom is 0.336 e. The molecule has 1 aliphatic rings. The summed E-state index contributed by atoms with van der Waals surface area (Å²) >= 11 is 1.20. The van der Waals surface area contributed by atoms with Gasteiger partial charge in [-0.3, -0.25) is 23.7 Å². The first-order valence-electron chi connectivity index (χ1n) is 12.5. The Morgan fingerprint density at radius 2 is 1.82 bits per heavy atom. The maximum absolute atomic E-state index is 13.5. The Balaban J connectivity index is 1.90. The van der Waals surface area contributed by atoms with E-state index in [1.165, 1.54) is 22.3 Å². The van der Waals surface area contributed by atoms with Crippen LogP contribution in [-0.2, 0) is 14.4 Å². The third-order valence-corrected chi connectivity index (χ3v) is 7.30. The van der Waals surface area contributed by atoms with Gasteiger partial charge in [-0.2, -0.15) is 0 Å². The van der Waals surface area contributed by atoms with Crippen molar-refractivity contribution in [2.75, 3.05) is 26.2 Å². The van der Waals surface area contributed by atoms with E-state index in [-0.39, 0.29) is 23.7 Å². The quantitative estimate of drug-likeness (QED) is 0.225. The summed E-state index contributed by atoms with van der Waals surface area (Å²) in [7, 11) is 0. The number of fused-ring (bicyclic) bond motifs is 1. The van der Waals surface area contributed by atoms with Gasteiger partial charge in [0.15, 0.2) is 11.4 Å². The molecule has 1 aliphatic heterocycles. The molecular weight excluding hydrogens is 518 g/mol. The predicted molar refractivity (Wildman–Crippen MR) is 139 cm³/mol. The molecule has 1 saturated heterocycles. The van der Waals surface area contributed by atoms with Gasteiger partial charge in [0.1, 0.15) is 10.4 Å². The lowest BCUT2D eigenvalue weighted by Crippen LogP contribution is -2.43. The lowest BCUT2D eigenvalue weighted by Gasteiger charge is -2.26. The average Bonchev–Trinajstić information content (AvgIpc) is 3.31. The van der Waals surface area contributed by atoms with Crippen molar-refractivity contribution in [3.05, 3.63) is 27.4 Å². The Morgan fingerprint density at radius 3 is 2.42 bits per heavy atom. The van der Waals surface area contributed by atoms with E-state index in [4.69, 9.17) is 9.84 Å². The molecule has 0 aromatic carbocycles. The van der Waals surface area contributed by atoms with Gasteiger partial charge in [-0.05, 0) is 64.2 Å². The maximum atomic E-state index is 13.5. The minimum Gasteiger partial charge on any atom is -0.481 e. The van der Waals surface area contributed by atoms with Gasteiger partial charge in [0.05, 0.1) is 18.2 Å². The van der Waals surface area contributed by atoms with Crippen molar-refractivity contribution in [2.45, 2.75) is 64.0 Å². The van der Waals surface area contributed by atoms with Crippen LogP contribution in [0.2, 0.25) is 0 Å². The van der Waals surface area contributed by atoms with Crippen LogP contribution < -0.4 is 15.6 Å². The molecule has 2 aromatic heterocycles. The van der Waals surface area contributed by atoms with E-state index in [9.17, 15) is 34.2 Å². The van der Waals surface area contributed by atoms with Gasteiger partial charge < -0.3 is 30.3 Å². The van der Waals surface area contributed by atoms with E-state index < -0.39 is 53.4 Å². The number of nitrogens with zero attached hydrogens (tertiary/aromatic N) is 2. The molecule has 0 spiro atoms. The molecule has 3 heterocycles. The fourth-order valence-corrected chi connectivity index (χ4v) is 5.54. The number of ether oxygens (including phenoxy) is 1. The van der Waals surface area contributed by atoms with Crippen LogP contribution >= 0.6 is 11.3 Å². The zero-order valence-corrected chi connectivity index (χ0v) is 22.2. The molecule has 13 heteroatoms. The SMILES string of the molecule is CC(C)n1c(=O)c(C(=O)NCCCN2CCCCC2)c(OC(=O)CC(O)(CC(=O)O)C(=O)O)c2ccsc21. The molecule has 208 valence electrons. The number of hydrogen-bond acceptors (Lipinski definition) is 9. The summed E-state index contributed by atoms with van der Waals surface area (Å²) in [6, 6.07) is 1.24. The summed E-state index contributed by atoms with van der Waals surface area (Å²) in [5.74, 6) is -5.96. The number of esters is 1. The minimum absolute atomic E-state index is 0.281. The second-order valence-corrected chi connectivity index (χ2v) is 10.6. The molecule has 2 aromatic rings. The highest BCUT2D eigenvalue weighted by atomic mass is 32.1. The lowest BCUT2D eigenvalue weighted by molar-refractivity contribution is -0.169. The van der Waals surface area contributed by atoms with Gasteiger partial charge in [0, 0.05) is 12.6 Å². The monoisotopic (exact) mass is 551 g/mol. The zero-order valence-electron chi connectivity index (χ0n) is 21.4. The molecule has 1 fully saturated rings. The lowest BCUT2D eigenvalue weighted by atomic mass is 9.96. The molecule has 3 rings (SSSR count). The molecule has 0 aliphatic carbocycles. The number of aliphatic carboxylic acids is 2. The van der Waals surface area contributed by atoms with Crippen LogP contribution in [0.5, 0.6) is 5.75 Å². The number of carboxylic acids is 2. The first-order chi connectivity index (χ1) is 17.9. The number of amides is 1. The number of pyridine rings is 1. The first-order valence-corrected chi connectivity index (χ1v) is 13.4. The molecular formula is C25H33N3O9S. The van der Waals surface area contributed by atoms with Crippen LogP contribution in [-0.4, -0.2) is 80.4 Å². The van der Waals surface area contributed by atoms with Crippen molar-refractivity contribution in [1.29, 1.82) is 0 Å². The van der Waals surface area contributed by atoms with Gasteiger partial charge in [0.2, 0.25) is 0 Å². The summed E-state index contributed by atoms with van der Waals surface area (Å²) in [6.07, 6.45) is 1.69. The molecule has 0 bridgehead atoms. The first kappa shape index (κ1) is 29.3. The predicted octanol–water partition coefficient (Wildman–Crippen LogP) is 1.84. The number of likely N-dealkylation sites (tertiary alicyclic amines) is 1. The van der Waals surface area contributed by atoms with Gasteiger partial charge in [-0.25, -0.2) is 4.79 Å². The second kappa shape index (κ2) is 12.5. The molecule has 38 heavy (non-hydrogen) atoms. The molecule has 0 saturated carbocycles. The van der Waals surface area contributed by atoms with Crippen molar-refractivity contribution in [2.24, 2.45) is 0 Å². The molecule has 1 unspecified atom stereocenters. The van der Waals surface area contributed by atoms with Gasteiger partial charge in [-0.15, -0.1) is 11.3 Å². The van der Waals surface area contributed by atoms with Crippen molar-refractivity contribution in [3.63, 3.8) is 0 Å². The normalized spacial score (nSPS) is 15.8. The average molecular weight is 552 g/mol. The molecule has 1 atom stereocenters.